The van der Waals surface area contributed by atoms with Crippen LogP contribution in [0.5, 0.6) is 0 Å². The largest absolute Gasteiger partial charge is 0.388 e. The number of nitrogens with zero attached hydrogens (tertiary/aromatic N) is 3. The standard InChI is InChI=1S/C10H9Br2N3O/c1-15-9(5-16)13-14-10(15)7-4-6(11)2-3-8(7)12/h2-4,16H,5H2,1H3. The monoisotopic (exact) mass is 345 g/mol. The summed E-state index contributed by atoms with van der Waals surface area (Å²) in [5.74, 6) is 1.26. The molecule has 84 valence electrons. The van der Waals surface area contributed by atoms with Gasteiger partial charge < -0.3 is 9.67 Å². The third kappa shape index (κ3) is 2.05. The van der Waals surface area contributed by atoms with Crippen molar-refractivity contribution in [2.75, 3.05) is 0 Å². The van der Waals surface area contributed by atoms with Crippen molar-refractivity contribution in [3.05, 3.63) is 33.0 Å². The molecule has 4 nitrogen and oxygen atoms in total. The van der Waals surface area contributed by atoms with Gasteiger partial charge in [0.25, 0.3) is 0 Å². The van der Waals surface area contributed by atoms with Crippen LogP contribution in [0.4, 0.5) is 0 Å². The minimum atomic E-state index is -0.116. The first-order valence-corrected chi connectivity index (χ1v) is 6.16. The number of hydrogen-bond acceptors (Lipinski definition) is 3. The molecule has 0 fully saturated rings. The van der Waals surface area contributed by atoms with E-state index in [9.17, 15) is 0 Å². The Morgan fingerprint density at radius 1 is 1.31 bits per heavy atom. The summed E-state index contributed by atoms with van der Waals surface area (Å²) in [6, 6.07) is 5.83. The molecule has 1 aromatic heterocycles. The number of halogens is 2. The molecule has 0 saturated carbocycles. The topological polar surface area (TPSA) is 50.9 Å². The predicted molar refractivity (Wildman–Crippen MR) is 67.8 cm³/mol. The van der Waals surface area contributed by atoms with Crippen molar-refractivity contribution in [1.29, 1.82) is 0 Å². The fraction of sp³-hybridized carbons (Fsp3) is 0.200. The highest BCUT2D eigenvalue weighted by Crippen LogP contribution is 2.29. The molecule has 0 unspecified atom stereocenters. The van der Waals surface area contributed by atoms with Gasteiger partial charge in [-0.25, -0.2) is 0 Å². The zero-order valence-electron chi connectivity index (χ0n) is 8.48. The van der Waals surface area contributed by atoms with Crippen molar-refractivity contribution in [1.82, 2.24) is 14.8 Å². The summed E-state index contributed by atoms with van der Waals surface area (Å²) < 4.78 is 3.68. The summed E-state index contributed by atoms with van der Waals surface area (Å²) in [5.41, 5.74) is 0.934. The molecule has 6 heteroatoms. The molecule has 0 aliphatic carbocycles. The number of aromatic nitrogens is 3. The summed E-state index contributed by atoms with van der Waals surface area (Å²) in [6.07, 6.45) is 0. The second-order valence-electron chi connectivity index (χ2n) is 3.28. The molecular weight excluding hydrogens is 338 g/mol. The summed E-state index contributed by atoms with van der Waals surface area (Å²) in [5, 5.41) is 17.0. The molecule has 1 N–H and O–H groups in total. The van der Waals surface area contributed by atoms with E-state index in [0.29, 0.717) is 5.82 Å². The van der Waals surface area contributed by atoms with E-state index in [0.717, 1.165) is 20.3 Å². The molecule has 0 atom stereocenters. The molecule has 2 rings (SSSR count). The first-order valence-electron chi connectivity index (χ1n) is 4.58. The smallest absolute Gasteiger partial charge is 0.164 e. The van der Waals surface area contributed by atoms with Gasteiger partial charge in [-0.3, -0.25) is 0 Å². The summed E-state index contributed by atoms with van der Waals surface area (Å²) in [4.78, 5) is 0. The maximum Gasteiger partial charge on any atom is 0.164 e. The number of aliphatic hydroxyl groups excluding tert-OH is 1. The van der Waals surface area contributed by atoms with Crippen molar-refractivity contribution in [2.24, 2.45) is 7.05 Å². The van der Waals surface area contributed by atoms with E-state index >= 15 is 0 Å². The molecule has 0 spiro atoms. The number of aliphatic hydroxyl groups is 1. The van der Waals surface area contributed by atoms with Gasteiger partial charge in [0.15, 0.2) is 11.6 Å². The van der Waals surface area contributed by atoms with E-state index in [1.165, 1.54) is 0 Å². The predicted octanol–water partition coefficient (Wildman–Crippen LogP) is 2.50. The van der Waals surface area contributed by atoms with Gasteiger partial charge in [0.1, 0.15) is 6.61 Å². The summed E-state index contributed by atoms with van der Waals surface area (Å²) >= 11 is 6.88. The third-order valence-corrected chi connectivity index (χ3v) is 3.46. The SMILES string of the molecule is Cn1c(CO)nnc1-c1cc(Br)ccc1Br. The first kappa shape index (κ1) is 11.8. The number of benzene rings is 1. The molecule has 0 bridgehead atoms. The van der Waals surface area contributed by atoms with E-state index in [1.54, 1.807) is 4.57 Å². The van der Waals surface area contributed by atoms with Gasteiger partial charge in [-0.2, -0.15) is 0 Å². The van der Waals surface area contributed by atoms with Gasteiger partial charge in [-0.1, -0.05) is 31.9 Å². The Balaban J connectivity index is 2.58. The zero-order chi connectivity index (χ0) is 11.7. The van der Waals surface area contributed by atoms with Crippen LogP contribution in [-0.4, -0.2) is 19.9 Å². The Bertz CT molecular complexity index is 525. The van der Waals surface area contributed by atoms with E-state index in [2.05, 4.69) is 42.1 Å². The minimum Gasteiger partial charge on any atom is -0.388 e. The number of hydrogen-bond donors (Lipinski definition) is 1. The lowest BCUT2D eigenvalue weighted by molar-refractivity contribution is 0.267. The maximum absolute atomic E-state index is 9.06. The van der Waals surface area contributed by atoms with Gasteiger partial charge in [-0.15, -0.1) is 10.2 Å². The second-order valence-corrected chi connectivity index (χ2v) is 5.05. The molecule has 16 heavy (non-hydrogen) atoms. The molecule has 1 aromatic carbocycles. The lowest BCUT2D eigenvalue weighted by Gasteiger charge is -2.05. The molecule has 1 heterocycles. The van der Waals surface area contributed by atoms with Gasteiger partial charge in [0.2, 0.25) is 0 Å². The van der Waals surface area contributed by atoms with E-state index < -0.39 is 0 Å². The van der Waals surface area contributed by atoms with Crippen LogP contribution in [0.1, 0.15) is 5.82 Å². The molecule has 0 saturated heterocycles. The average Bonchev–Trinajstić information content (AvgIpc) is 2.63. The summed E-state index contributed by atoms with van der Waals surface area (Å²) in [7, 11) is 1.83. The normalized spacial score (nSPS) is 10.8. The molecule has 2 aromatic rings. The van der Waals surface area contributed by atoms with Crippen LogP contribution in [-0.2, 0) is 13.7 Å². The minimum absolute atomic E-state index is 0.116. The quantitative estimate of drug-likeness (QED) is 0.908. The Kier molecular flexibility index (Phi) is 3.41. The molecule has 0 aliphatic rings. The molecule has 0 radical (unpaired) electrons. The van der Waals surface area contributed by atoms with Gasteiger partial charge in [0.05, 0.1) is 0 Å². The lowest BCUT2D eigenvalue weighted by Crippen LogP contribution is -1.99. The van der Waals surface area contributed by atoms with Crippen molar-refractivity contribution in [3.63, 3.8) is 0 Å². The first-order chi connectivity index (χ1) is 7.63. The highest BCUT2D eigenvalue weighted by Gasteiger charge is 2.12. The van der Waals surface area contributed by atoms with Gasteiger partial charge in [0, 0.05) is 21.6 Å². The molecule has 0 amide bonds. The Morgan fingerprint density at radius 3 is 2.69 bits per heavy atom. The lowest BCUT2D eigenvalue weighted by atomic mass is 10.2. The zero-order valence-corrected chi connectivity index (χ0v) is 11.7. The van der Waals surface area contributed by atoms with Crippen LogP contribution in [0.3, 0.4) is 0 Å². The molecular formula is C10H9Br2N3O. The van der Waals surface area contributed by atoms with Gasteiger partial charge >= 0.3 is 0 Å². The number of rotatable bonds is 2. The third-order valence-electron chi connectivity index (χ3n) is 2.28. The fourth-order valence-corrected chi connectivity index (χ4v) is 2.19. The van der Waals surface area contributed by atoms with Crippen molar-refractivity contribution in [2.45, 2.75) is 6.61 Å². The van der Waals surface area contributed by atoms with Crippen molar-refractivity contribution in [3.8, 4) is 11.4 Å². The second kappa shape index (κ2) is 4.65. The Morgan fingerprint density at radius 2 is 2.06 bits per heavy atom. The highest BCUT2D eigenvalue weighted by molar-refractivity contribution is 9.11. The van der Waals surface area contributed by atoms with E-state index in [4.69, 9.17) is 5.11 Å². The van der Waals surface area contributed by atoms with Crippen LogP contribution in [0.15, 0.2) is 27.1 Å². The maximum atomic E-state index is 9.06. The van der Waals surface area contributed by atoms with Crippen LogP contribution in [0.2, 0.25) is 0 Å². The van der Waals surface area contributed by atoms with E-state index in [1.807, 2.05) is 25.2 Å². The van der Waals surface area contributed by atoms with Crippen LogP contribution < -0.4 is 0 Å². The Hall–Kier alpha value is -0.720. The Labute approximate surface area is 110 Å². The van der Waals surface area contributed by atoms with E-state index in [-0.39, 0.29) is 6.61 Å². The van der Waals surface area contributed by atoms with Crippen LogP contribution in [0, 0.1) is 0 Å². The van der Waals surface area contributed by atoms with Crippen molar-refractivity contribution < 1.29 is 5.11 Å². The van der Waals surface area contributed by atoms with Crippen LogP contribution >= 0.6 is 31.9 Å². The van der Waals surface area contributed by atoms with Crippen molar-refractivity contribution >= 4 is 31.9 Å². The van der Waals surface area contributed by atoms with Crippen LogP contribution in [0.25, 0.3) is 11.4 Å². The highest BCUT2D eigenvalue weighted by atomic mass is 79.9. The average molecular weight is 347 g/mol. The molecule has 0 aliphatic heterocycles. The summed E-state index contributed by atoms with van der Waals surface area (Å²) in [6.45, 7) is -0.116. The van der Waals surface area contributed by atoms with Gasteiger partial charge in [-0.05, 0) is 18.2 Å². The fourth-order valence-electron chi connectivity index (χ4n) is 1.40.